The number of nitrogens with one attached hydrogen (secondary N) is 3. The molecule has 8 heteroatoms. The molecule has 0 spiro atoms. The maximum absolute atomic E-state index is 11.7. The number of carbonyl (C=O) groups excluding carboxylic acids is 1. The lowest BCUT2D eigenvalue weighted by atomic mass is 10.3. The first-order chi connectivity index (χ1) is 13.5. The lowest BCUT2D eigenvalue weighted by Crippen LogP contribution is -2.34. The third-order valence-corrected chi connectivity index (χ3v) is 3.43. The summed E-state index contributed by atoms with van der Waals surface area (Å²) in [6.45, 7) is 8.96. The topological polar surface area (TPSA) is 93.2 Å². The molecule has 0 aliphatic rings. The molecule has 0 radical (unpaired) electrons. The van der Waals surface area contributed by atoms with Gasteiger partial charge in [0.1, 0.15) is 12.3 Å². The number of aliphatic imine (C=N–C) groups is 1. The van der Waals surface area contributed by atoms with Crippen LogP contribution in [0.3, 0.4) is 0 Å². The van der Waals surface area contributed by atoms with Crippen molar-refractivity contribution < 1.29 is 19.0 Å². The van der Waals surface area contributed by atoms with Crippen molar-refractivity contribution >= 4 is 17.6 Å². The molecule has 3 N–H and O–H groups in total. The standard InChI is InChI=1S/C20H34N4O4/c1-5-21-19(25)15-23-20(22-11-6-12-27-14-13-26-4)24-17-7-9-18(10-8-17)28-16(2)3/h7-10,16H,5-6,11-15H2,1-4H3,(H,21,25)(H2,22,23,24). The molecule has 0 fully saturated rings. The molecule has 0 bridgehead atoms. The van der Waals surface area contributed by atoms with Gasteiger partial charge in [0.2, 0.25) is 5.91 Å². The van der Waals surface area contributed by atoms with E-state index in [1.165, 1.54) is 0 Å². The van der Waals surface area contributed by atoms with Crippen LogP contribution in [0.2, 0.25) is 0 Å². The molecule has 0 aliphatic heterocycles. The van der Waals surface area contributed by atoms with Crippen molar-refractivity contribution in [2.45, 2.75) is 33.3 Å². The average Bonchev–Trinajstić information content (AvgIpc) is 2.66. The predicted molar refractivity (Wildman–Crippen MR) is 112 cm³/mol. The molecule has 28 heavy (non-hydrogen) atoms. The molecular weight excluding hydrogens is 360 g/mol. The minimum atomic E-state index is -0.118. The van der Waals surface area contributed by atoms with Gasteiger partial charge in [-0.15, -0.1) is 0 Å². The zero-order valence-corrected chi connectivity index (χ0v) is 17.4. The fourth-order valence-electron chi connectivity index (χ4n) is 2.19. The van der Waals surface area contributed by atoms with Crippen molar-refractivity contribution in [1.82, 2.24) is 10.6 Å². The largest absolute Gasteiger partial charge is 0.491 e. The third-order valence-electron chi connectivity index (χ3n) is 3.43. The van der Waals surface area contributed by atoms with Crippen LogP contribution in [0, 0.1) is 0 Å². The molecular formula is C20H34N4O4. The fourth-order valence-corrected chi connectivity index (χ4v) is 2.19. The van der Waals surface area contributed by atoms with Crippen molar-refractivity contribution in [2.75, 3.05) is 51.9 Å². The van der Waals surface area contributed by atoms with E-state index in [9.17, 15) is 4.79 Å². The Morgan fingerprint density at radius 3 is 2.50 bits per heavy atom. The highest BCUT2D eigenvalue weighted by Gasteiger charge is 2.04. The van der Waals surface area contributed by atoms with Crippen LogP contribution in [-0.4, -0.2) is 64.5 Å². The number of ether oxygens (including phenoxy) is 3. The molecule has 1 amide bonds. The van der Waals surface area contributed by atoms with Crippen LogP contribution >= 0.6 is 0 Å². The van der Waals surface area contributed by atoms with Gasteiger partial charge in [0.05, 0.1) is 19.3 Å². The summed E-state index contributed by atoms with van der Waals surface area (Å²) in [7, 11) is 1.65. The van der Waals surface area contributed by atoms with Gasteiger partial charge in [-0.3, -0.25) is 4.79 Å². The van der Waals surface area contributed by atoms with E-state index in [-0.39, 0.29) is 18.6 Å². The summed E-state index contributed by atoms with van der Waals surface area (Å²) in [5.41, 5.74) is 0.856. The Kier molecular flexibility index (Phi) is 12.5. The number of anilines is 1. The average molecular weight is 395 g/mol. The Labute approximate surface area is 168 Å². The van der Waals surface area contributed by atoms with Crippen molar-refractivity contribution in [3.63, 3.8) is 0 Å². The number of amides is 1. The molecule has 158 valence electrons. The molecule has 1 aromatic rings. The Bertz CT molecular complexity index is 576. The molecule has 1 aromatic carbocycles. The number of methoxy groups -OCH3 is 1. The van der Waals surface area contributed by atoms with E-state index < -0.39 is 0 Å². The van der Waals surface area contributed by atoms with E-state index >= 15 is 0 Å². The number of nitrogens with zero attached hydrogens (tertiary/aromatic N) is 1. The monoisotopic (exact) mass is 394 g/mol. The SMILES string of the molecule is CCNC(=O)CN=C(NCCCOCCOC)Nc1ccc(OC(C)C)cc1. The molecule has 0 aromatic heterocycles. The van der Waals surface area contributed by atoms with Crippen LogP contribution in [-0.2, 0) is 14.3 Å². The Balaban J connectivity index is 2.56. The van der Waals surface area contributed by atoms with Crippen LogP contribution in [0.4, 0.5) is 5.69 Å². The first-order valence-corrected chi connectivity index (χ1v) is 9.70. The van der Waals surface area contributed by atoms with Crippen molar-refractivity contribution in [3.05, 3.63) is 24.3 Å². The van der Waals surface area contributed by atoms with Crippen molar-refractivity contribution in [3.8, 4) is 5.75 Å². The van der Waals surface area contributed by atoms with Crippen LogP contribution in [0.15, 0.2) is 29.3 Å². The maximum atomic E-state index is 11.7. The highest BCUT2D eigenvalue weighted by atomic mass is 16.5. The molecule has 0 atom stereocenters. The Hall–Kier alpha value is -2.32. The van der Waals surface area contributed by atoms with Gasteiger partial charge in [0, 0.05) is 32.5 Å². The zero-order valence-electron chi connectivity index (χ0n) is 17.4. The second-order valence-corrected chi connectivity index (χ2v) is 6.32. The van der Waals surface area contributed by atoms with Crippen LogP contribution in [0.25, 0.3) is 0 Å². The van der Waals surface area contributed by atoms with Gasteiger partial charge in [0.15, 0.2) is 5.96 Å². The quantitative estimate of drug-likeness (QED) is 0.269. The van der Waals surface area contributed by atoms with Gasteiger partial charge < -0.3 is 30.2 Å². The summed E-state index contributed by atoms with van der Waals surface area (Å²) < 4.78 is 16.0. The molecule has 0 unspecified atom stereocenters. The first-order valence-electron chi connectivity index (χ1n) is 9.70. The van der Waals surface area contributed by atoms with Gasteiger partial charge >= 0.3 is 0 Å². The zero-order chi connectivity index (χ0) is 20.6. The van der Waals surface area contributed by atoms with Gasteiger partial charge in [-0.25, -0.2) is 4.99 Å². The maximum Gasteiger partial charge on any atom is 0.241 e. The van der Waals surface area contributed by atoms with E-state index in [4.69, 9.17) is 14.2 Å². The molecule has 0 heterocycles. The molecule has 0 saturated heterocycles. The summed E-state index contributed by atoms with van der Waals surface area (Å²) in [6.07, 6.45) is 0.938. The van der Waals surface area contributed by atoms with Gasteiger partial charge in [0.25, 0.3) is 0 Å². The summed E-state index contributed by atoms with van der Waals surface area (Å²) in [5.74, 6) is 1.23. The number of rotatable bonds is 13. The molecule has 0 saturated carbocycles. The number of carbonyl (C=O) groups is 1. The van der Waals surface area contributed by atoms with E-state index in [0.29, 0.717) is 38.9 Å². The second kappa shape index (κ2) is 14.7. The number of hydrogen-bond acceptors (Lipinski definition) is 5. The van der Waals surface area contributed by atoms with Gasteiger partial charge in [-0.2, -0.15) is 0 Å². The summed E-state index contributed by atoms with van der Waals surface area (Å²) >= 11 is 0. The number of guanidine groups is 1. The van der Waals surface area contributed by atoms with E-state index in [2.05, 4.69) is 20.9 Å². The fraction of sp³-hybridized carbons (Fsp3) is 0.600. The van der Waals surface area contributed by atoms with Crippen LogP contribution in [0.1, 0.15) is 27.2 Å². The minimum absolute atomic E-state index is 0.0576. The van der Waals surface area contributed by atoms with Crippen LogP contribution in [0.5, 0.6) is 5.75 Å². The summed E-state index contributed by atoms with van der Waals surface area (Å²) in [6, 6.07) is 7.62. The van der Waals surface area contributed by atoms with E-state index in [1.807, 2.05) is 45.0 Å². The normalized spacial score (nSPS) is 11.4. The predicted octanol–water partition coefficient (Wildman–Crippen LogP) is 2.02. The summed E-state index contributed by atoms with van der Waals surface area (Å²) in [4.78, 5) is 16.0. The lowest BCUT2D eigenvalue weighted by molar-refractivity contribution is -0.119. The first kappa shape index (κ1) is 23.7. The number of hydrogen-bond donors (Lipinski definition) is 3. The third kappa shape index (κ3) is 11.4. The highest BCUT2D eigenvalue weighted by Crippen LogP contribution is 2.16. The van der Waals surface area contributed by atoms with Crippen molar-refractivity contribution in [1.29, 1.82) is 0 Å². The van der Waals surface area contributed by atoms with Crippen molar-refractivity contribution in [2.24, 2.45) is 4.99 Å². The number of benzene rings is 1. The minimum Gasteiger partial charge on any atom is -0.491 e. The van der Waals surface area contributed by atoms with E-state index in [0.717, 1.165) is 17.9 Å². The molecule has 1 rings (SSSR count). The Morgan fingerprint density at radius 2 is 1.86 bits per heavy atom. The van der Waals surface area contributed by atoms with Gasteiger partial charge in [-0.05, 0) is 51.5 Å². The van der Waals surface area contributed by atoms with E-state index in [1.54, 1.807) is 7.11 Å². The highest BCUT2D eigenvalue weighted by molar-refractivity contribution is 5.95. The van der Waals surface area contributed by atoms with Crippen LogP contribution < -0.4 is 20.7 Å². The summed E-state index contributed by atoms with van der Waals surface area (Å²) in [5, 5.41) is 9.17. The molecule has 8 nitrogen and oxygen atoms in total. The second-order valence-electron chi connectivity index (χ2n) is 6.32. The van der Waals surface area contributed by atoms with Gasteiger partial charge in [-0.1, -0.05) is 0 Å². The lowest BCUT2D eigenvalue weighted by Gasteiger charge is -2.14. The number of likely N-dealkylation sites (N-methyl/N-ethyl adjacent to an activating group) is 1. The smallest absolute Gasteiger partial charge is 0.241 e. The molecule has 0 aliphatic carbocycles. The Morgan fingerprint density at radius 1 is 1.11 bits per heavy atom.